The van der Waals surface area contributed by atoms with Crippen LogP contribution < -0.4 is 4.74 Å². The van der Waals surface area contributed by atoms with Crippen molar-refractivity contribution in [2.75, 3.05) is 34.3 Å². The molecular formula is C22H23BrN2O4. The van der Waals surface area contributed by atoms with Crippen molar-refractivity contribution in [1.29, 1.82) is 0 Å². The van der Waals surface area contributed by atoms with Crippen LogP contribution in [0.25, 0.3) is 5.76 Å². The maximum atomic E-state index is 12.9. The molecule has 29 heavy (non-hydrogen) atoms. The minimum Gasteiger partial charge on any atom is -0.507 e. The van der Waals surface area contributed by atoms with Crippen molar-refractivity contribution >= 4 is 33.4 Å². The first-order valence-electron chi connectivity index (χ1n) is 9.16. The van der Waals surface area contributed by atoms with Crippen LogP contribution in [0.3, 0.4) is 0 Å². The van der Waals surface area contributed by atoms with Gasteiger partial charge in [0.2, 0.25) is 0 Å². The second kappa shape index (κ2) is 8.80. The predicted octanol–water partition coefficient (Wildman–Crippen LogP) is 3.44. The largest absolute Gasteiger partial charge is 0.507 e. The molecule has 0 spiro atoms. The maximum Gasteiger partial charge on any atom is 0.295 e. The normalized spacial score (nSPS) is 18.5. The number of carbonyl (C=O) groups excluding carboxylic acids is 2. The SMILES string of the molecule is COc1cccc(C2/C(=C(/O)c3ccc(Br)cc3)C(=O)C(=O)N2CCN(C)C)c1. The number of aliphatic hydroxyl groups excluding tert-OH is 1. The van der Waals surface area contributed by atoms with Gasteiger partial charge in [-0.3, -0.25) is 9.59 Å². The Morgan fingerprint density at radius 3 is 2.48 bits per heavy atom. The Morgan fingerprint density at radius 1 is 1.17 bits per heavy atom. The van der Waals surface area contributed by atoms with Gasteiger partial charge in [0, 0.05) is 23.1 Å². The number of halogens is 1. The lowest BCUT2D eigenvalue weighted by atomic mass is 9.95. The van der Waals surface area contributed by atoms with Crippen molar-refractivity contribution in [2.24, 2.45) is 0 Å². The van der Waals surface area contributed by atoms with Gasteiger partial charge in [-0.25, -0.2) is 0 Å². The Hall–Kier alpha value is -2.64. The zero-order valence-electron chi connectivity index (χ0n) is 16.6. The minimum atomic E-state index is -0.686. The summed E-state index contributed by atoms with van der Waals surface area (Å²) in [5, 5.41) is 11.0. The monoisotopic (exact) mass is 458 g/mol. The third-order valence-electron chi connectivity index (χ3n) is 4.86. The number of carbonyl (C=O) groups is 2. The predicted molar refractivity (Wildman–Crippen MR) is 115 cm³/mol. The van der Waals surface area contributed by atoms with E-state index in [0.717, 1.165) is 4.47 Å². The zero-order chi connectivity index (χ0) is 21.1. The number of amides is 1. The maximum absolute atomic E-state index is 12.9. The molecule has 1 unspecified atom stereocenters. The van der Waals surface area contributed by atoms with Gasteiger partial charge >= 0.3 is 0 Å². The summed E-state index contributed by atoms with van der Waals surface area (Å²) in [4.78, 5) is 29.2. The van der Waals surface area contributed by atoms with E-state index < -0.39 is 17.7 Å². The fourth-order valence-electron chi connectivity index (χ4n) is 3.34. The van der Waals surface area contributed by atoms with Gasteiger partial charge < -0.3 is 19.6 Å². The zero-order valence-corrected chi connectivity index (χ0v) is 18.1. The molecule has 0 bridgehead atoms. The molecule has 1 amide bonds. The fraction of sp³-hybridized carbons (Fsp3) is 0.273. The molecule has 1 aliphatic rings. The number of likely N-dealkylation sites (tertiary alicyclic amines) is 1. The molecule has 2 aromatic carbocycles. The van der Waals surface area contributed by atoms with Crippen LogP contribution in [0.15, 0.2) is 58.6 Å². The quantitative estimate of drug-likeness (QED) is 0.407. The summed E-state index contributed by atoms with van der Waals surface area (Å²) in [6.45, 7) is 0.947. The summed E-state index contributed by atoms with van der Waals surface area (Å²) >= 11 is 3.36. The van der Waals surface area contributed by atoms with Gasteiger partial charge in [0.15, 0.2) is 0 Å². The lowest BCUT2D eigenvalue weighted by molar-refractivity contribution is -0.140. The number of ketones is 1. The Kier molecular flexibility index (Phi) is 6.39. The topological polar surface area (TPSA) is 70.1 Å². The van der Waals surface area contributed by atoms with Gasteiger partial charge in [0.1, 0.15) is 11.5 Å². The van der Waals surface area contributed by atoms with Crippen LogP contribution in [-0.2, 0) is 9.59 Å². The van der Waals surface area contributed by atoms with E-state index in [4.69, 9.17) is 4.74 Å². The molecule has 1 fully saturated rings. The smallest absolute Gasteiger partial charge is 0.295 e. The number of benzene rings is 2. The van der Waals surface area contributed by atoms with Crippen molar-refractivity contribution in [1.82, 2.24) is 9.80 Å². The summed E-state index contributed by atoms with van der Waals surface area (Å²) in [5.74, 6) is -0.865. The summed E-state index contributed by atoms with van der Waals surface area (Å²) in [7, 11) is 5.36. The molecule has 3 rings (SSSR count). The Labute approximate surface area is 178 Å². The fourth-order valence-corrected chi connectivity index (χ4v) is 3.60. The third-order valence-corrected chi connectivity index (χ3v) is 5.38. The van der Waals surface area contributed by atoms with Crippen molar-refractivity contribution in [3.8, 4) is 5.75 Å². The summed E-state index contributed by atoms with van der Waals surface area (Å²) in [5.41, 5.74) is 1.28. The average molecular weight is 459 g/mol. The average Bonchev–Trinajstić information content (AvgIpc) is 2.97. The van der Waals surface area contributed by atoms with E-state index in [1.54, 1.807) is 49.6 Å². The third kappa shape index (κ3) is 4.36. The van der Waals surface area contributed by atoms with Crippen LogP contribution in [0.5, 0.6) is 5.75 Å². The number of rotatable bonds is 6. The standard InChI is InChI=1S/C22H23BrN2O4/c1-24(2)11-12-25-19(15-5-4-6-17(13-15)29-3)18(21(27)22(25)28)20(26)14-7-9-16(23)10-8-14/h4-10,13,19,26H,11-12H2,1-3H3/b20-18-. The van der Waals surface area contributed by atoms with Gasteiger partial charge in [-0.1, -0.05) is 40.2 Å². The molecule has 7 heteroatoms. The van der Waals surface area contributed by atoms with E-state index >= 15 is 0 Å². The summed E-state index contributed by atoms with van der Waals surface area (Å²) in [6.07, 6.45) is 0. The first kappa shape index (κ1) is 21.1. The molecule has 1 heterocycles. The first-order chi connectivity index (χ1) is 13.8. The number of Topliss-reactive ketones (excluding diaryl/α,β-unsaturated/α-hetero) is 1. The van der Waals surface area contributed by atoms with Gasteiger partial charge in [0.05, 0.1) is 18.7 Å². The molecule has 1 saturated heterocycles. The number of hydrogen-bond acceptors (Lipinski definition) is 5. The Bertz CT molecular complexity index is 954. The number of ether oxygens (including phenoxy) is 1. The van der Waals surface area contributed by atoms with Crippen LogP contribution in [0.1, 0.15) is 17.2 Å². The molecule has 6 nitrogen and oxygen atoms in total. The highest BCUT2D eigenvalue weighted by Crippen LogP contribution is 2.40. The first-order valence-corrected chi connectivity index (χ1v) is 9.95. The van der Waals surface area contributed by atoms with Crippen LogP contribution in [-0.4, -0.2) is 60.9 Å². The molecule has 0 aliphatic carbocycles. The molecule has 152 valence electrons. The Morgan fingerprint density at radius 2 is 1.86 bits per heavy atom. The highest BCUT2D eigenvalue weighted by atomic mass is 79.9. The molecular weight excluding hydrogens is 436 g/mol. The van der Waals surface area contributed by atoms with Gasteiger partial charge in [-0.2, -0.15) is 0 Å². The molecule has 0 radical (unpaired) electrons. The number of hydrogen-bond donors (Lipinski definition) is 1. The van der Waals surface area contributed by atoms with Crippen LogP contribution in [0.4, 0.5) is 0 Å². The van der Waals surface area contributed by atoms with E-state index in [9.17, 15) is 14.7 Å². The number of likely N-dealkylation sites (N-methyl/N-ethyl adjacent to an activating group) is 1. The van der Waals surface area contributed by atoms with Crippen LogP contribution in [0, 0.1) is 0 Å². The highest BCUT2D eigenvalue weighted by Gasteiger charge is 2.45. The highest BCUT2D eigenvalue weighted by molar-refractivity contribution is 9.10. The number of methoxy groups -OCH3 is 1. The summed E-state index contributed by atoms with van der Waals surface area (Å²) in [6, 6.07) is 13.5. The molecule has 1 aliphatic heterocycles. The van der Waals surface area contributed by atoms with Crippen LogP contribution >= 0.6 is 15.9 Å². The number of nitrogens with zero attached hydrogens (tertiary/aromatic N) is 2. The lowest BCUT2D eigenvalue weighted by Gasteiger charge is -2.26. The van der Waals surface area contributed by atoms with Gasteiger partial charge in [0.25, 0.3) is 11.7 Å². The van der Waals surface area contributed by atoms with Gasteiger partial charge in [-0.15, -0.1) is 0 Å². The van der Waals surface area contributed by atoms with Gasteiger partial charge in [-0.05, 0) is 43.9 Å². The van der Waals surface area contributed by atoms with Crippen LogP contribution in [0.2, 0.25) is 0 Å². The second-order valence-corrected chi connectivity index (χ2v) is 7.99. The minimum absolute atomic E-state index is 0.0873. The van der Waals surface area contributed by atoms with Crippen molar-refractivity contribution in [3.63, 3.8) is 0 Å². The van der Waals surface area contributed by atoms with E-state index in [-0.39, 0.29) is 11.3 Å². The molecule has 1 atom stereocenters. The molecule has 0 aromatic heterocycles. The second-order valence-electron chi connectivity index (χ2n) is 7.08. The van der Waals surface area contributed by atoms with E-state index in [1.807, 2.05) is 25.1 Å². The molecule has 2 aromatic rings. The van der Waals surface area contributed by atoms with E-state index in [2.05, 4.69) is 15.9 Å². The summed E-state index contributed by atoms with van der Waals surface area (Å²) < 4.78 is 6.17. The molecule has 1 N–H and O–H groups in total. The van der Waals surface area contributed by atoms with Crippen molar-refractivity contribution in [3.05, 3.63) is 69.7 Å². The van der Waals surface area contributed by atoms with Crippen molar-refractivity contribution < 1.29 is 19.4 Å². The molecule has 0 saturated carbocycles. The van der Waals surface area contributed by atoms with E-state index in [0.29, 0.717) is 30.0 Å². The number of aliphatic hydroxyl groups is 1. The van der Waals surface area contributed by atoms with Crippen molar-refractivity contribution in [2.45, 2.75) is 6.04 Å². The Balaban J connectivity index is 2.15. The van der Waals surface area contributed by atoms with E-state index in [1.165, 1.54) is 4.90 Å². The lowest BCUT2D eigenvalue weighted by Crippen LogP contribution is -2.35.